The van der Waals surface area contributed by atoms with Crippen LogP contribution in [0.15, 0.2) is 12.1 Å². The third kappa shape index (κ3) is 7.40. The minimum absolute atomic E-state index is 0.0746. The number of aliphatic carboxylic acids is 1. The summed E-state index contributed by atoms with van der Waals surface area (Å²) in [7, 11) is -3.58. The third-order valence-electron chi connectivity index (χ3n) is 5.56. The first-order chi connectivity index (χ1) is 12.7. The molecule has 2 atom stereocenters. The minimum Gasteiger partial charge on any atom is -0.481 e. The summed E-state index contributed by atoms with van der Waals surface area (Å²) in [6.45, 7) is 4.13. The Bertz CT molecular complexity index is 694. The Balaban J connectivity index is 2.07. The van der Waals surface area contributed by atoms with Crippen LogP contribution in [-0.2, 0) is 22.2 Å². The molecule has 152 valence electrons. The zero-order valence-corrected chi connectivity index (χ0v) is 17.4. The summed E-state index contributed by atoms with van der Waals surface area (Å²) in [6, 6.07) is 4.32. The van der Waals surface area contributed by atoms with Crippen molar-refractivity contribution in [3.05, 3.63) is 34.4 Å². The lowest BCUT2D eigenvalue weighted by atomic mass is 9.82. The van der Waals surface area contributed by atoms with Crippen molar-refractivity contribution in [2.75, 3.05) is 12.3 Å². The SMILES string of the molecule is Cc1cc(C)c(CCP(=O)(O)C[C@@H](O)CC(=O)O)c(CC2CCCCC2)c1. The lowest BCUT2D eigenvalue weighted by molar-refractivity contribution is -0.138. The number of hydrogen-bond acceptors (Lipinski definition) is 3. The maximum absolute atomic E-state index is 12.5. The average molecular weight is 396 g/mol. The molecule has 1 aliphatic carbocycles. The fraction of sp³-hybridized carbons (Fsp3) is 0.667. The van der Waals surface area contributed by atoms with Crippen LogP contribution in [0.2, 0.25) is 0 Å². The van der Waals surface area contributed by atoms with Gasteiger partial charge in [-0.3, -0.25) is 9.36 Å². The van der Waals surface area contributed by atoms with Gasteiger partial charge < -0.3 is 15.1 Å². The minimum atomic E-state index is -3.58. The van der Waals surface area contributed by atoms with E-state index in [1.807, 2.05) is 6.92 Å². The Morgan fingerprint density at radius 2 is 1.89 bits per heavy atom. The van der Waals surface area contributed by atoms with Crippen LogP contribution in [0, 0.1) is 19.8 Å². The zero-order chi connectivity index (χ0) is 20.0. The van der Waals surface area contributed by atoms with E-state index in [4.69, 9.17) is 5.11 Å². The van der Waals surface area contributed by atoms with Gasteiger partial charge in [0.2, 0.25) is 7.37 Å². The predicted octanol–water partition coefficient (Wildman–Crippen LogP) is 4.07. The normalized spacial score (nSPS) is 18.8. The summed E-state index contributed by atoms with van der Waals surface area (Å²) < 4.78 is 12.5. The fourth-order valence-electron chi connectivity index (χ4n) is 4.30. The van der Waals surface area contributed by atoms with Crippen LogP contribution in [-0.4, -0.2) is 39.5 Å². The Labute approximate surface area is 162 Å². The van der Waals surface area contributed by atoms with Gasteiger partial charge in [0.1, 0.15) is 0 Å². The third-order valence-corrected chi connectivity index (χ3v) is 7.47. The standard InChI is InChI=1S/C21H33O5P/c1-15-10-16(2)20(18(11-15)12-17-6-4-3-5-7-17)8-9-27(25,26)14-19(22)13-21(23)24/h10-11,17,19,22H,3-9,12-14H2,1-2H3,(H,23,24)(H,25,26)/t19-/m0/s1. The first-order valence-corrected chi connectivity index (χ1v) is 12.0. The molecule has 2 rings (SSSR count). The van der Waals surface area contributed by atoms with Crippen molar-refractivity contribution >= 4 is 13.3 Å². The molecule has 0 aliphatic heterocycles. The van der Waals surface area contributed by atoms with Crippen LogP contribution in [0.5, 0.6) is 0 Å². The molecule has 1 aliphatic rings. The summed E-state index contributed by atoms with van der Waals surface area (Å²) in [4.78, 5) is 20.9. The number of carboxylic acids is 1. The molecule has 1 unspecified atom stereocenters. The van der Waals surface area contributed by atoms with E-state index in [9.17, 15) is 19.4 Å². The molecule has 1 saturated carbocycles. The first kappa shape index (κ1) is 22.1. The molecule has 0 aromatic heterocycles. The topological polar surface area (TPSA) is 94.8 Å². The molecule has 1 aromatic carbocycles. The van der Waals surface area contributed by atoms with Gasteiger partial charge in [0, 0.05) is 6.16 Å². The predicted molar refractivity (Wildman–Crippen MR) is 108 cm³/mol. The van der Waals surface area contributed by atoms with Gasteiger partial charge in [-0.1, -0.05) is 49.8 Å². The molecule has 5 nitrogen and oxygen atoms in total. The highest BCUT2D eigenvalue weighted by Gasteiger charge is 2.25. The highest BCUT2D eigenvalue weighted by atomic mass is 31.2. The highest BCUT2D eigenvalue weighted by molar-refractivity contribution is 7.58. The quantitative estimate of drug-likeness (QED) is 0.547. The summed E-state index contributed by atoms with van der Waals surface area (Å²) in [5, 5.41) is 18.4. The molecular formula is C21H33O5P. The maximum atomic E-state index is 12.5. The number of rotatable bonds is 9. The first-order valence-electron chi connectivity index (χ1n) is 9.96. The van der Waals surface area contributed by atoms with Crippen molar-refractivity contribution in [1.82, 2.24) is 0 Å². The van der Waals surface area contributed by atoms with Crippen molar-refractivity contribution in [1.29, 1.82) is 0 Å². The smallest absolute Gasteiger partial charge is 0.305 e. The number of hydrogen-bond donors (Lipinski definition) is 3. The molecule has 0 bridgehead atoms. The van der Waals surface area contributed by atoms with Crippen LogP contribution in [0.4, 0.5) is 0 Å². The second kappa shape index (κ2) is 9.86. The van der Waals surface area contributed by atoms with Crippen molar-refractivity contribution in [3.63, 3.8) is 0 Å². The van der Waals surface area contributed by atoms with Gasteiger partial charge in [0.05, 0.1) is 18.7 Å². The van der Waals surface area contributed by atoms with E-state index in [1.165, 1.54) is 43.2 Å². The summed E-state index contributed by atoms with van der Waals surface area (Å²) in [6.07, 6.45) is 5.86. The van der Waals surface area contributed by atoms with E-state index in [-0.39, 0.29) is 12.3 Å². The van der Waals surface area contributed by atoms with Crippen molar-refractivity contribution < 1.29 is 24.5 Å². The summed E-state index contributed by atoms with van der Waals surface area (Å²) >= 11 is 0. The van der Waals surface area contributed by atoms with Crippen molar-refractivity contribution in [2.24, 2.45) is 5.92 Å². The second-order valence-corrected chi connectivity index (χ2v) is 10.7. The van der Waals surface area contributed by atoms with Crippen LogP contribution in [0.1, 0.15) is 60.8 Å². The Morgan fingerprint density at radius 1 is 1.22 bits per heavy atom. The van der Waals surface area contributed by atoms with E-state index in [0.29, 0.717) is 12.3 Å². The van der Waals surface area contributed by atoms with Gasteiger partial charge >= 0.3 is 5.97 Å². The number of benzene rings is 1. The number of aryl methyl sites for hydroxylation is 2. The average Bonchev–Trinajstić information content (AvgIpc) is 2.53. The van der Waals surface area contributed by atoms with Crippen LogP contribution in [0.3, 0.4) is 0 Å². The molecular weight excluding hydrogens is 363 g/mol. The molecule has 0 radical (unpaired) electrons. The molecule has 1 fully saturated rings. The van der Waals surface area contributed by atoms with E-state index < -0.39 is 25.9 Å². The van der Waals surface area contributed by atoms with Gasteiger partial charge in [0.15, 0.2) is 0 Å². The monoisotopic (exact) mass is 396 g/mol. The Kier molecular flexibility index (Phi) is 8.08. The number of aliphatic hydroxyl groups excluding tert-OH is 1. The fourth-order valence-corrected chi connectivity index (χ4v) is 5.84. The molecule has 6 heteroatoms. The van der Waals surface area contributed by atoms with Gasteiger partial charge in [0.25, 0.3) is 0 Å². The van der Waals surface area contributed by atoms with Gasteiger partial charge in [-0.25, -0.2) is 0 Å². The molecule has 0 heterocycles. The zero-order valence-electron chi connectivity index (χ0n) is 16.5. The number of carbonyl (C=O) groups is 1. The van der Waals surface area contributed by atoms with E-state index >= 15 is 0 Å². The van der Waals surface area contributed by atoms with Crippen molar-refractivity contribution in [2.45, 2.75) is 71.3 Å². The van der Waals surface area contributed by atoms with E-state index in [0.717, 1.165) is 17.5 Å². The van der Waals surface area contributed by atoms with E-state index in [1.54, 1.807) is 0 Å². The maximum Gasteiger partial charge on any atom is 0.305 e. The molecule has 0 saturated heterocycles. The molecule has 0 spiro atoms. The second-order valence-electron chi connectivity index (χ2n) is 8.18. The highest BCUT2D eigenvalue weighted by Crippen LogP contribution is 2.42. The lowest BCUT2D eigenvalue weighted by Crippen LogP contribution is -2.19. The number of aliphatic hydroxyl groups is 1. The van der Waals surface area contributed by atoms with Crippen molar-refractivity contribution in [3.8, 4) is 0 Å². The van der Waals surface area contributed by atoms with Crippen LogP contribution >= 0.6 is 7.37 Å². The Morgan fingerprint density at radius 3 is 2.52 bits per heavy atom. The van der Waals surface area contributed by atoms with Gasteiger partial charge in [-0.2, -0.15) is 0 Å². The van der Waals surface area contributed by atoms with Crippen LogP contribution in [0.25, 0.3) is 0 Å². The van der Waals surface area contributed by atoms with Gasteiger partial charge in [-0.15, -0.1) is 0 Å². The van der Waals surface area contributed by atoms with Gasteiger partial charge in [-0.05, 0) is 49.3 Å². The molecule has 0 amide bonds. The molecule has 3 N–H and O–H groups in total. The molecule has 1 aromatic rings. The van der Waals surface area contributed by atoms with E-state index in [2.05, 4.69) is 19.1 Å². The Hall–Kier alpha value is -1.16. The summed E-state index contributed by atoms with van der Waals surface area (Å²) in [5.41, 5.74) is 4.79. The number of carboxylic acid groups (broad SMARTS) is 1. The van der Waals surface area contributed by atoms with Crippen LogP contribution < -0.4 is 0 Å². The summed E-state index contributed by atoms with van der Waals surface area (Å²) in [5.74, 6) is -0.469. The largest absolute Gasteiger partial charge is 0.481 e. The lowest BCUT2D eigenvalue weighted by Gasteiger charge is -2.24. The molecule has 27 heavy (non-hydrogen) atoms.